The molecule has 0 spiro atoms. The van der Waals surface area contributed by atoms with Gasteiger partial charge in [0.15, 0.2) is 6.61 Å². The number of alkyl carbamates (subject to hydrolysis) is 1. The molecule has 11 heteroatoms. The molecule has 0 radical (unpaired) electrons. The van der Waals surface area contributed by atoms with Crippen LogP contribution >= 0.6 is 11.8 Å². The highest BCUT2D eigenvalue weighted by atomic mass is 32.2. The van der Waals surface area contributed by atoms with Crippen LogP contribution in [0.15, 0.2) is 29.4 Å². The summed E-state index contributed by atoms with van der Waals surface area (Å²) in [6.07, 6.45) is -2.38. The van der Waals surface area contributed by atoms with E-state index in [0.29, 0.717) is 10.9 Å². The first-order valence-electron chi connectivity index (χ1n) is 8.37. The van der Waals surface area contributed by atoms with Gasteiger partial charge in [0.05, 0.1) is 5.69 Å². The zero-order chi connectivity index (χ0) is 19.7. The van der Waals surface area contributed by atoms with Gasteiger partial charge in [0, 0.05) is 12.3 Å². The van der Waals surface area contributed by atoms with Crippen molar-refractivity contribution < 1.29 is 22.7 Å². The SMILES string of the molecule is CCCCc1ccc(-n2nnnc2SCCNC(=O)OCC(F)(F)F)cc1. The molecule has 0 saturated heterocycles. The first-order valence-corrected chi connectivity index (χ1v) is 9.35. The second-order valence-corrected chi connectivity index (χ2v) is 6.67. The lowest BCUT2D eigenvalue weighted by atomic mass is 10.1. The third-order valence-corrected chi connectivity index (χ3v) is 4.33. The number of thioether (sulfide) groups is 1. The molecule has 27 heavy (non-hydrogen) atoms. The number of rotatable bonds is 9. The lowest BCUT2D eigenvalue weighted by Crippen LogP contribution is -2.30. The van der Waals surface area contributed by atoms with Crippen LogP contribution in [-0.2, 0) is 11.2 Å². The quantitative estimate of drug-likeness (QED) is 0.511. The molecule has 7 nitrogen and oxygen atoms in total. The van der Waals surface area contributed by atoms with Gasteiger partial charge in [-0.1, -0.05) is 37.2 Å². The van der Waals surface area contributed by atoms with Gasteiger partial charge in [-0.05, 0) is 41.0 Å². The maximum Gasteiger partial charge on any atom is 0.422 e. The molecule has 1 amide bonds. The highest BCUT2D eigenvalue weighted by molar-refractivity contribution is 7.99. The van der Waals surface area contributed by atoms with Gasteiger partial charge in [0.2, 0.25) is 5.16 Å². The lowest BCUT2D eigenvalue weighted by Gasteiger charge is -2.09. The topological polar surface area (TPSA) is 81.9 Å². The van der Waals surface area contributed by atoms with Crippen LogP contribution in [0.1, 0.15) is 25.3 Å². The van der Waals surface area contributed by atoms with Crippen molar-refractivity contribution in [3.63, 3.8) is 0 Å². The maximum atomic E-state index is 11.9. The predicted molar refractivity (Wildman–Crippen MR) is 93.9 cm³/mol. The molecule has 1 aromatic carbocycles. The summed E-state index contributed by atoms with van der Waals surface area (Å²) in [6.45, 7) is 0.645. The summed E-state index contributed by atoms with van der Waals surface area (Å²) in [4.78, 5) is 11.2. The normalized spacial score (nSPS) is 11.4. The van der Waals surface area contributed by atoms with Crippen LogP contribution in [0, 0.1) is 0 Å². The van der Waals surface area contributed by atoms with E-state index in [0.717, 1.165) is 24.9 Å². The molecule has 0 saturated carbocycles. The molecule has 148 valence electrons. The van der Waals surface area contributed by atoms with Crippen LogP contribution in [0.25, 0.3) is 5.69 Å². The van der Waals surface area contributed by atoms with E-state index in [1.54, 1.807) is 4.68 Å². The summed E-state index contributed by atoms with van der Waals surface area (Å²) < 4.78 is 41.5. The molecular weight excluding hydrogens is 383 g/mol. The summed E-state index contributed by atoms with van der Waals surface area (Å²) in [5.74, 6) is 0.371. The number of tetrazole rings is 1. The number of halogens is 3. The Labute approximate surface area is 158 Å². The summed E-state index contributed by atoms with van der Waals surface area (Å²) >= 11 is 1.27. The summed E-state index contributed by atoms with van der Waals surface area (Å²) in [5.41, 5.74) is 2.05. The number of carbonyl (C=O) groups excluding carboxylic acids is 1. The fourth-order valence-corrected chi connectivity index (χ4v) is 2.85. The standard InChI is InChI=1S/C16H20F3N5O2S/c1-2-3-4-12-5-7-13(8-6-12)24-14(21-22-23-24)27-10-9-20-15(25)26-11-16(17,18)19/h5-8H,2-4,9-11H2,1H3,(H,20,25). The molecule has 0 fully saturated rings. The Morgan fingerprint density at radius 2 is 2.04 bits per heavy atom. The second kappa shape index (κ2) is 10.1. The minimum atomic E-state index is -4.54. The largest absolute Gasteiger partial charge is 0.440 e. The van der Waals surface area contributed by atoms with Crippen LogP contribution in [0.5, 0.6) is 0 Å². The Hall–Kier alpha value is -2.30. The zero-order valence-corrected chi connectivity index (χ0v) is 15.5. The van der Waals surface area contributed by atoms with Crippen molar-refractivity contribution in [1.82, 2.24) is 25.5 Å². The van der Waals surface area contributed by atoms with Crippen molar-refractivity contribution in [1.29, 1.82) is 0 Å². The van der Waals surface area contributed by atoms with E-state index in [4.69, 9.17) is 0 Å². The number of aryl methyl sites for hydroxylation is 1. The molecule has 1 N–H and O–H groups in total. The van der Waals surface area contributed by atoms with Crippen LogP contribution in [0.4, 0.5) is 18.0 Å². The summed E-state index contributed by atoms with van der Waals surface area (Å²) in [6, 6.07) is 7.91. The highest BCUT2D eigenvalue weighted by Crippen LogP contribution is 2.19. The average Bonchev–Trinajstić information content (AvgIpc) is 3.10. The van der Waals surface area contributed by atoms with E-state index in [1.165, 1.54) is 17.3 Å². The molecule has 0 atom stereocenters. The van der Waals surface area contributed by atoms with E-state index in [2.05, 4.69) is 32.5 Å². The van der Waals surface area contributed by atoms with Gasteiger partial charge >= 0.3 is 12.3 Å². The molecule has 0 aliphatic carbocycles. The van der Waals surface area contributed by atoms with Crippen molar-refractivity contribution in [3.8, 4) is 5.69 Å². The molecule has 0 aliphatic rings. The number of benzene rings is 1. The Morgan fingerprint density at radius 1 is 1.30 bits per heavy atom. The number of nitrogens with one attached hydrogen (secondary N) is 1. The molecule has 2 aromatic rings. The minimum absolute atomic E-state index is 0.115. The van der Waals surface area contributed by atoms with Gasteiger partial charge in [0.1, 0.15) is 0 Å². The van der Waals surface area contributed by atoms with E-state index in [1.807, 2.05) is 24.3 Å². The van der Waals surface area contributed by atoms with Gasteiger partial charge in [-0.25, -0.2) is 4.79 Å². The van der Waals surface area contributed by atoms with Gasteiger partial charge < -0.3 is 10.1 Å². The van der Waals surface area contributed by atoms with Crippen molar-refractivity contribution in [2.24, 2.45) is 0 Å². The number of alkyl halides is 3. The number of aromatic nitrogens is 4. The number of hydrogen-bond acceptors (Lipinski definition) is 6. The van der Waals surface area contributed by atoms with Crippen LogP contribution in [0.2, 0.25) is 0 Å². The van der Waals surface area contributed by atoms with Crippen molar-refractivity contribution in [3.05, 3.63) is 29.8 Å². The molecule has 2 rings (SSSR count). The van der Waals surface area contributed by atoms with Crippen LogP contribution in [0.3, 0.4) is 0 Å². The molecular formula is C16H20F3N5O2S. The monoisotopic (exact) mass is 403 g/mol. The fraction of sp³-hybridized carbons (Fsp3) is 0.500. The van der Waals surface area contributed by atoms with Crippen molar-refractivity contribution in [2.75, 3.05) is 18.9 Å². The average molecular weight is 403 g/mol. The smallest absolute Gasteiger partial charge is 0.422 e. The third kappa shape index (κ3) is 7.45. The number of carbonyl (C=O) groups is 1. The van der Waals surface area contributed by atoms with Crippen LogP contribution in [-0.4, -0.2) is 51.4 Å². The van der Waals surface area contributed by atoms with Crippen molar-refractivity contribution in [2.45, 2.75) is 37.5 Å². The Bertz CT molecular complexity index is 722. The zero-order valence-electron chi connectivity index (χ0n) is 14.7. The van der Waals surface area contributed by atoms with Gasteiger partial charge in [-0.15, -0.1) is 5.10 Å². The van der Waals surface area contributed by atoms with Gasteiger partial charge in [0.25, 0.3) is 0 Å². The Balaban J connectivity index is 1.80. The molecule has 0 aliphatic heterocycles. The maximum absolute atomic E-state index is 11.9. The number of amides is 1. The molecule has 0 bridgehead atoms. The summed E-state index contributed by atoms with van der Waals surface area (Å²) in [5, 5.41) is 14.3. The first kappa shape index (κ1) is 21.0. The summed E-state index contributed by atoms with van der Waals surface area (Å²) in [7, 11) is 0. The van der Waals surface area contributed by atoms with Crippen LogP contribution < -0.4 is 5.32 Å². The van der Waals surface area contributed by atoms with Crippen molar-refractivity contribution >= 4 is 17.9 Å². The number of nitrogens with zero attached hydrogens (tertiary/aromatic N) is 4. The predicted octanol–water partition coefficient (Wildman–Crippen LogP) is 3.39. The number of unbranched alkanes of at least 4 members (excludes halogenated alkanes) is 1. The van der Waals surface area contributed by atoms with Gasteiger partial charge in [-0.2, -0.15) is 17.9 Å². The highest BCUT2D eigenvalue weighted by Gasteiger charge is 2.29. The Morgan fingerprint density at radius 3 is 2.70 bits per heavy atom. The minimum Gasteiger partial charge on any atom is -0.440 e. The first-order chi connectivity index (χ1) is 12.9. The molecule has 1 heterocycles. The van der Waals surface area contributed by atoms with E-state index < -0.39 is 18.9 Å². The molecule has 0 unspecified atom stereocenters. The van der Waals surface area contributed by atoms with E-state index in [9.17, 15) is 18.0 Å². The van der Waals surface area contributed by atoms with E-state index in [-0.39, 0.29) is 6.54 Å². The number of ether oxygens (including phenoxy) is 1. The second-order valence-electron chi connectivity index (χ2n) is 5.61. The lowest BCUT2D eigenvalue weighted by molar-refractivity contribution is -0.160. The third-order valence-electron chi connectivity index (χ3n) is 3.41. The van der Waals surface area contributed by atoms with Gasteiger partial charge in [-0.3, -0.25) is 0 Å². The fourth-order valence-electron chi connectivity index (χ4n) is 2.11. The number of hydrogen-bond donors (Lipinski definition) is 1. The Kier molecular flexibility index (Phi) is 7.89. The molecule has 1 aromatic heterocycles. The van der Waals surface area contributed by atoms with E-state index >= 15 is 0 Å².